The van der Waals surface area contributed by atoms with Crippen molar-refractivity contribution in [3.63, 3.8) is 0 Å². The number of Topliss-reactive ketones (excluding diaryl/α,β-unsaturated/α-hetero) is 1. The number of ketones is 1. The van der Waals surface area contributed by atoms with Crippen LogP contribution < -0.4 is 5.43 Å². The first-order valence-corrected chi connectivity index (χ1v) is 12.8. The van der Waals surface area contributed by atoms with Gasteiger partial charge in [-0.1, -0.05) is 64.2 Å². The second-order valence-electron chi connectivity index (χ2n) is 9.98. The third-order valence-electron chi connectivity index (χ3n) is 6.37. The molecular formula is C28H42O6. The number of aryl methyl sites for hydroxylation is 1. The van der Waals surface area contributed by atoms with Gasteiger partial charge in [-0.15, -0.1) is 0 Å². The number of aliphatic hydroxyl groups excluding tert-OH is 1. The van der Waals surface area contributed by atoms with Gasteiger partial charge in [0.15, 0.2) is 5.43 Å². The molecule has 1 heterocycles. The lowest BCUT2D eigenvalue weighted by Gasteiger charge is -2.19. The predicted octanol–water partition coefficient (Wildman–Crippen LogP) is 5.60. The molecule has 3 N–H and O–H groups in total. The number of unbranched alkanes of at least 4 members (excludes halogenated alkanes) is 10. The van der Waals surface area contributed by atoms with E-state index in [1.165, 1.54) is 57.6 Å². The zero-order valence-corrected chi connectivity index (χ0v) is 20.9. The average Bonchev–Trinajstić information content (AvgIpc) is 2.75. The van der Waals surface area contributed by atoms with Crippen LogP contribution in [0, 0.1) is 0 Å². The Balaban J connectivity index is 1.64. The van der Waals surface area contributed by atoms with Gasteiger partial charge in [-0.2, -0.15) is 0 Å². The lowest BCUT2D eigenvalue weighted by molar-refractivity contribution is -0.116. The number of aliphatic hydroxyl groups is 2. The zero-order valence-electron chi connectivity index (χ0n) is 20.9. The summed E-state index contributed by atoms with van der Waals surface area (Å²) in [5.41, 5.74) is 0.0582. The van der Waals surface area contributed by atoms with Crippen LogP contribution in [-0.4, -0.2) is 33.3 Å². The molecule has 34 heavy (non-hydrogen) atoms. The SMILES string of the molecule is CC(=O)Cc1cc(=O)c2c(CCCCCCCCCCCCC[C@](C)(O)CO)cc(O)cc2o1. The highest BCUT2D eigenvalue weighted by atomic mass is 16.3. The number of benzene rings is 1. The van der Waals surface area contributed by atoms with E-state index in [1.54, 1.807) is 13.0 Å². The van der Waals surface area contributed by atoms with Gasteiger partial charge in [-0.3, -0.25) is 9.59 Å². The second-order valence-corrected chi connectivity index (χ2v) is 9.98. The minimum Gasteiger partial charge on any atom is -0.508 e. The van der Waals surface area contributed by atoms with Crippen molar-refractivity contribution in [2.24, 2.45) is 0 Å². The molecular weight excluding hydrogens is 432 g/mol. The minimum absolute atomic E-state index is 0.0734. The highest BCUT2D eigenvalue weighted by molar-refractivity contribution is 5.83. The maximum absolute atomic E-state index is 12.6. The van der Waals surface area contributed by atoms with E-state index in [1.807, 2.05) is 0 Å². The average molecular weight is 475 g/mol. The fourth-order valence-corrected chi connectivity index (χ4v) is 4.43. The summed E-state index contributed by atoms with van der Waals surface area (Å²) < 4.78 is 5.71. The summed E-state index contributed by atoms with van der Waals surface area (Å²) in [7, 11) is 0. The minimum atomic E-state index is -0.930. The van der Waals surface area contributed by atoms with Crippen LogP contribution in [0.4, 0.5) is 0 Å². The number of hydrogen-bond acceptors (Lipinski definition) is 6. The first kappa shape index (κ1) is 28.1. The number of hydrogen-bond donors (Lipinski definition) is 3. The van der Waals surface area contributed by atoms with E-state index in [0.29, 0.717) is 29.6 Å². The van der Waals surface area contributed by atoms with Crippen LogP contribution in [0.1, 0.15) is 102 Å². The smallest absolute Gasteiger partial charge is 0.193 e. The van der Waals surface area contributed by atoms with E-state index >= 15 is 0 Å². The standard InChI is InChI=1S/C28H42O6/c1-21(30)16-24-19-25(32)27-22(17-23(31)18-26(27)34-24)14-12-10-8-6-4-3-5-7-9-11-13-15-28(2,33)20-29/h17-19,29,31,33H,3-16,20H2,1-2H3/t28-/m0/s1. The number of carbonyl (C=O) groups excluding carboxylic acids is 1. The van der Waals surface area contributed by atoms with Gasteiger partial charge in [0.2, 0.25) is 0 Å². The third-order valence-corrected chi connectivity index (χ3v) is 6.37. The fourth-order valence-electron chi connectivity index (χ4n) is 4.43. The molecule has 1 atom stereocenters. The molecule has 0 unspecified atom stereocenters. The van der Waals surface area contributed by atoms with Crippen molar-refractivity contribution in [1.29, 1.82) is 0 Å². The number of carbonyl (C=O) groups is 1. The van der Waals surface area contributed by atoms with Crippen molar-refractivity contribution in [2.75, 3.05) is 6.61 Å². The van der Waals surface area contributed by atoms with Crippen molar-refractivity contribution < 1.29 is 24.5 Å². The van der Waals surface area contributed by atoms with Crippen molar-refractivity contribution in [2.45, 2.75) is 109 Å². The molecule has 2 rings (SSSR count). The van der Waals surface area contributed by atoms with E-state index < -0.39 is 5.60 Å². The van der Waals surface area contributed by atoms with Crippen molar-refractivity contribution in [3.8, 4) is 5.75 Å². The Bertz CT molecular complexity index is 959. The Labute approximate surface area is 203 Å². The van der Waals surface area contributed by atoms with Gasteiger partial charge in [0.1, 0.15) is 22.9 Å². The molecule has 0 aliphatic rings. The summed E-state index contributed by atoms with van der Waals surface area (Å²) in [6.45, 7) is 2.96. The largest absolute Gasteiger partial charge is 0.508 e. The van der Waals surface area contributed by atoms with E-state index in [9.17, 15) is 19.8 Å². The lowest BCUT2D eigenvalue weighted by atomic mass is 9.98. The fraction of sp³-hybridized carbons (Fsp3) is 0.643. The van der Waals surface area contributed by atoms with E-state index in [0.717, 1.165) is 37.7 Å². The second kappa shape index (κ2) is 14.3. The highest BCUT2D eigenvalue weighted by Gasteiger charge is 2.17. The zero-order chi connectivity index (χ0) is 25.0. The van der Waals surface area contributed by atoms with Crippen LogP contribution in [-0.2, 0) is 17.6 Å². The molecule has 0 saturated heterocycles. The van der Waals surface area contributed by atoms with Crippen LogP contribution >= 0.6 is 0 Å². The maximum atomic E-state index is 12.6. The summed E-state index contributed by atoms with van der Waals surface area (Å²) in [4.78, 5) is 24.0. The Hall–Kier alpha value is -2.18. The molecule has 2 aromatic rings. The lowest BCUT2D eigenvalue weighted by Crippen LogP contribution is -2.28. The van der Waals surface area contributed by atoms with Crippen LogP contribution in [0.2, 0.25) is 0 Å². The van der Waals surface area contributed by atoms with E-state index in [-0.39, 0.29) is 30.0 Å². The van der Waals surface area contributed by atoms with E-state index in [2.05, 4.69) is 0 Å². The van der Waals surface area contributed by atoms with Crippen molar-refractivity contribution in [1.82, 2.24) is 0 Å². The first-order valence-electron chi connectivity index (χ1n) is 12.8. The van der Waals surface area contributed by atoms with Gasteiger partial charge in [-0.25, -0.2) is 0 Å². The molecule has 190 valence electrons. The molecule has 0 spiro atoms. The Morgan fingerprint density at radius 2 is 1.47 bits per heavy atom. The van der Waals surface area contributed by atoms with Gasteiger partial charge < -0.3 is 19.7 Å². The number of rotatable bonds is 17. The summed E-state index contributed by atoms with van der Waals surface area (Å²) in [5, 5.41) is 29.4. The van der Waals surface area contributed by atoms with Crippen molar-refractivity contribution >= 4 is 16.8 Å². The van der Waals surface area contributed by atoms with Crippen molar-refractivity contribution in [3.05, 3.63) is 39.7 Å². The van der Waals surface area contributed by atoms with Gasteiger partial charge in [0, 0.05) is 12.1 Å². The Kier molecular flexibility index (Phi) is 11.8. The quantitative estimate of drug-likeness (QED) is 0.258. The Morgan fingerprint density at radius 1 is 0.912 bits per heavy atom. The molecule has 1 aromatic carbocycles. The topological polar surface area (TPSA) is 108 Å². The van der Waals surface area contributed by atoms with Crippen LogP contribution in [0.3, 0.4) is 0 Å². The molecule has 0 bridgehead atoms. The predicted molar refractivity (Wildman–Crippen MR) is 135 cm³/mol. The molecule has 0 fully saturated rings. The van der Waals surface area contributed by atoms with Gasteiger partial charge in [0.05, 0.1) is 24.0 Å². The molecule has 0 aliphatic carbocycles. The Morgan fingerprint density at radius 3 is 2.03 bits per heavy atom. The van der Waals surface area contributed by atoms with Crippen LogP contribution in [0.15, 0.2) is 27.4 Å². The van der Waals surface area contributed by atoms with Crippen LogP contribution in [0.25, 0.3) is 11.0 Å². The number of phenolic OH excluding ortho intramolecular Hbond substituents is 1. The molecule has 0 amide bonds. The van der Waals surface area contributed by atoms with Gasteiger partial charge in [-0.05, 0) is 44.7 Å². The first-order chi connectivity index (χ1) is 16.2. The summed E-state index contributed by atoms with van der Waals surface area (Å²) in [6.07, 6.45) is 14.0. The summed E-state index contributed by atoms with van der Waals surface area (Å²) in [5.74, 6) is 0.327. The molecule has 6 heteroatoms. The third kappa shape index (κ3) is 9.98. The molecule has 0 aliphatic heterocycles. The summed E-state index contributed by atoms with van der Waals surface area (Å²) in [6, 6.07) is 4.49. The number of aromatic hydroxyl groups is 1. The molecule has 0 saturated carbocycles. The molecule has 1 aromatic heterocycles. The van der Waals surface area contributed by atoms with Gasteiger partial charge >= 0.3 is 0 Å². The molecule has 0 radical (unpaired) electrons. The number of fused-ring (bicyclic) bond motifs is 1. The highest BCUT2D eigenvalue weighted by Crippen LogP contribution is 2.25. The normalized spacial score (nSPS) is 13.3. The summed E-state index contributed by atoms with van der Waals surface area (Å²) >= 11 is 0. The molecule has 6 nitrogen and oxygen atoms in total. The van der Waals surface area contributed by atoms with E-state index in [4.69, 9.17) is 9.52 Å². The van der Waals surface area contributed by atoms with Gasteiger partial charge in [0.25, 0.3) is 0 Å². The monoisotopic (exact) mass is 474 g/mol. The number of phenols is 1. The van der Waals surface area contributed by atoms with Crippen LogP contribution in [0.5, 0.6) is 5.75 Å². The maximum Gasteiger partial charge on any atom is 0.193 e.